The Morgan fingerprint density at radius 3 is 2.68 bits per heavy atom. The van der Waals surface area contributed by atoms with Gasteiger partial charge in [0.1, 0.15) is 5.54 Å². The van der Waals surface area contributed by atoms with Crippen LogP contribution in [0, 0.1) is 17.2 Å². The summed E-state index contributed by atoms with van der Waals surface area (Å²) in [5.74, 6) is 0.536. The molecule has 1 heterocycles. The maximum Gasteiger partial charge on any atom is 0.109 e. The summed E-state index contributed by atoms with van der Waals surface area (Å²) in [6, 6.07) is 2.59. The second-order valence-corrected chi connectivity index (χ2v) is 6.89. The normalized spacial score (nSPS) is 34.5. The van der Waals surface area contributed by atoms with Crippen molar-refractivity contribution in [2.45, 2.75) is 70.4 Å². The molecule has 2 atom stereocenters. The molecule has 1 aliphatic heterocycles. The summed E-state index contributed by atoms with van der Waals surface area (Å²) in [5.41, 5.74) is 0.130. The molecule has 0 aromatic heterocycles. The van der Waals surface area contributed by atoms with Crippen LogP contribution in [0.3, 0.4) is 0 Å². The fraction of sp³-hybridized carbons (Fsp3) is 0.938. The van der Waals surface area contributed by atoms with Gasteiger partial charge in [-0.1, -0.05) is 13.3 Å². The van der Waals surface area contributed by atoms with Gasteiger partial charge in [-0.3, -0.25) is 10.2 Å². The van der Waals surface area contributed by atoms with Crippen LogP contribution in [0.1, 0.15) is 59.3 Å². The lowest BCUT2D eigenvalue weighted by atomic mass is 9.85. The predicted molar refractivity (Wildman–Crippen MR) is 78.9 cm³/mol. The Morgan fingerprint density at radius 1 is 1.32 bits per heavy atom. The number of hydrogen-bond donors (Lipinski definition) is 1. The predicted octanol–water partition coefficient (Wildman–Crippen LogP) is 2.92. The molecule has 0 bridgehead atoms. The zero-order valence-electron chi connectivity index (χ0n) is 12.8. The summed E-state index contributed by atoms with van der Waals surface area (Å²) >= 11 is 0. The number of nitrogens with one attached hydrogen (secondary N) is 1. The Hall–Kier alpha value is -0.590. The summed E-state index contributed by atoms with van der Waals surface area (Å²) in [7, 11) is 0. The molecule has 0 radical (unpaired) electrons. The monoisotopic (exact) mass is 263 g/mol. The quantitative estimate of drug-likeness (QED) is 0.829. The van der Waals surface area contributed by atoms with Gasteiger partial charge in [-0.2, -0.15) is 5.26 Å². The maximum absolute atomic E-state index is 9.59. The summed E-state index contributed by atoms with van der Waals surface area (Å²) in [5, 5.41) is 13.1. The summed E-state index contributed by atoms with van der Waals surface area (Å²) in [6.45, 7) is 10.1. The highest BCUT2D eigenvalue weighted by atomic mass is 15.2. The Kier molecular flexibility index (Phi) is 4.53. The average molecular weight is 263 g/mol. The van der Waals surface area contributed by atoms with Crippen LogP contribution in [0.25, 0.3) is 0 Å². The molecule has 3 nitrogen and oxygen atoms in total. The summed E-state index contributed by atoms with van der Waals surface area (Å²) < 4.78 is 0. The molecule has 0 aromatic carbocycles. The Labute approximate surface area is 118 Å². The van der Waals surface area contributed by atoms with Gasteiger partial charge in [0.2, 0.25) is 0 Å². The molecule has 2 unspecified atom stereocenters. The van der Waals surface area contributed by atoms with Crippen LogP contribution >= 0.6 is 0 Å². The molecule has 3 heteroatoms. The maximum atomic E-state index is 9.59. The lowest BCUT2D eigenvalue weighted by Crippen LogP contribution is -2.48. The smallest absolute Gasteiger partial charge is 0.109 e. The fourth-order valence-corrected chi connectivity index (χ4v) is 4.09. The molecule has 1 saturated carbocycles. The standard InChI is InChI=1S/C16H29N3/c1-4-18-16(13-17)10-5-7-14(16)8-12-19-11-6-9-15(19,2)3/h14,18H,4-12H2,1-3H3. The second kappa shape index (κ2) is 5.81. The zero-order chi connectivity index (χ0) is 13.9. The molecule has 0 amide bonds. The van der Waals surface area contributed by atoms with Crippen molar-refractivity contribution in [2.24, 2.45) is 5.92 Å². The van der Waals surface area contributed by atoms with E-state index in [9.17, 15) is 5.26 Å². The first-order valence-corrected chi connectivity index (χ1v) is 7.95. The number of nitriles is 1. The van der Waals surface area contributed by atoms with Crippen LogP contribution in [0.5, 0.6) is 0 Å². The van der Waals surface area contributed by atoms with Gasteiger partial charge in [-0.05, 0) is 71.5 Å². The SMILES string of the molecule is CCNC1(C#N)CCCC1CCN1CCCC1(C)C. The van der Waals surface area contributed by atoms with Crippen molar-refractivity contribution in [3.63, 3.8) is 0 Å². The fourth-order valence-electron chi connectivity index (χ4n) is 4.09. The van der Waals surface area contributed by atoms with E-state index in [1.807, 2.05) is 0 Å². The van der Waals surface area contributed by atoms with Crippen molar-refractivity contribution >= 4 is 0 Å². The summed E-state index contributed by atoms with van der Waals surface area (Å²) in [6.07, 6.45) is 7.27. The zero-order valence-corrected chi connectivity index (χ0v) is 12.8. The van der Waals surface area contributed by atoms with Crippen LogP contribution in [0.15, 0.2) is 0 Å². The van der Waals surface area contributed by atoms with Gasteiger partial charge in [0, 0.05) is 5.54 Å². The number of likely N-dealkylation sites (tertiary alicyclic amines) is 1. The second-order valence-electron chi connectivity index (χ2n) is 6.89. The minimum Gasteiger partial charge on any atom is -0.299 e. The van der Waals surface area contributed by atoms with Crippen molar-refractivity contribution in [3.8, 4) is 6.07 Å². The van der Waals surface area contributed by atoms with Gasteiger partial charge in [-0.25, -0.2) is 0 Å². The Morgan fingerprint density at radius 2 is 2.11 bits per heavy atom. The highest BCUT2D eigenvalue weighted by Gasteiger charge is 2.43. The van der Waals surface area contributed by atoms with Crippen LogP contribution in [-0.4, -0.2) is 35.6 Å². The molecular weight excluding hydrogens is 234 g/mol. The largest absolute Gasteiger partial charge is 0.299 e. The van der Waals surface area contributed by atoms with Crippen molar-refractivity contribution in [1.29, 1.82) is 5.26 Å². The first-order valence-electron chi connectivity index (χ1n) is 7.95. The van der Waals surface area contributed by atoms with Gasteiger partial charge in [0.05, 0.1) is 6.07 Å². The third-order valence-electron chi connectivity index (χ3n) is 5.33. The van der Waals surface area contributed by atoms with Gasteiger partial charge in [-0.15, -0.1) is 0 Å². The van der Waals surface area contributed by atoms with E-state index in [4.69, 9.17) is 0 Å². The number of nitrogens with zero attached hydrogens (tertiary/aromatic N) is 2. The van der Waals surface area contributed by atoms with Crippen molar-refractivity contribution < 1.29 is 0 Å². The third-order valence-corrected chi connectivity index (χ3v) is 5.33. The van der Waals surface area contributed by atoms with E-state index in [1.54, 1.807) is 0 Å². The first kappa shape index (κ1) is 14.8. The lowest BCUT2D eigenvalue weighted by Gasteiger charge is -2.35. The van der Waals surface area contributed by atoms with Gasteiger partial charge in [0.15, 0.2) is 0 Å². The van der Waals surface area contributed by atoms with Gasteiger partial charge in [0.25, 0.3) is 0 Å². The molecule has 1 N–H and O–H groups in total. The minimum atomic E-state index is -0.237. The van der Waals surface area contributed by atoms with Crippen LogP contribution in [0.4, 0.5) is 0 Å². The molecule has 2 rings (SSSR count). The molecule has 0 spiro atoms. The number of rotatable bonds is 5. The van der Waals surface area contributed by atoms with Crippen LogP contribution in [-0.2, 0) is 0 Å². The Balaban J connectivity index is 1.93. The van der Waals surface area contributed by atoms with Gasteiger partial charge >= 0.3 is 0 Å². The third kappa shape index (κ3) is 2.95. The lowest BCUT2D eigenvalue weighted by molar-refractivity contribution is 0.154. The molecule has 2 fully saturated rings. The van der Waals surface area contributed by atoms with Crippen LogP contribution in [0.2, 0.25) is 0 Å². The molecule has 2 aliphatic rings. The highest BCUT2D eigenvalue weighted by Crippen LogP contribution is 2.38. The van der Waals surface area contributed by atoms with E-state index in [1.165, 1.54) is 38.6 Å². The molecule has 0 aromatic rings. The average Bonchev–Trinajstić information content (AvgIpc) is 2.91. The Bertz CT molecular complexity index is 344. The summed E-state index contributed by atoms with van der Waals surface area (Å²) in [4.78, 5) is 2.62. The van der Waals surface area contributed by atoms with E-state index >= 15 is 0 Å². The van der Waals surface area contributed by atoms with Crippen molar-refractivity contribution in [1.82, 2.24) is 10.2 Å². The van der Waals surface area contributed by atoms with Crippen molar-refractivity contribution in [2.75, 3.05) is 19.6 Å². The van der Waals surface area contributed by atoms with Gasteiger partial charge < -0.3 is 0 Å². The first-order chi connectivity index (χ1) is 9.04. The topological polar surface area (TPSA) is 39.1 Å². The van der Waals surface area contributed by atoms with E-state index < -0.39 is 0 Å². The minimum absolute atomic E-state index is 0.237. The molecule has 1 saturated heterocycles. The number of hydrogen-bond acceptors (Lipinski definition) is 3. The highest BCUT2D eigenvalue weighted by molar-refractivity contribution is 5.14. The van der Waals surface area contributed by atoms with Crippen LogP contribution < -0.4 is 5.32 Å². The molecule has 1 aliphatic carbocycles. The molecule has 108 valence electrons. The molecule has 19 heavy (non-hydrogen) atoms. The van der Waals surface area contributed by atoms with E-state index in [0.717, 1.165) is 19.5 Å². The van der Waals surface area contributed by atoms with E-state index in [-0.39, 0.29) is 5.54 Å². The van der Waals surface area contributed by atoms with E-state index in [2.05, 4.69) is 37.1 Å². The molecular formula is C16H29N3. The van der Waals surface area contributed by atoms with E-state index in [0.29, 0.717) is 11.5 Å². The van der Waals surface area contributed by atoms with Crippen molar-refractivity contribution in [3.05, 3.63) is 0 Å².